The molecule has 2 rings (SSSR count). The fourth-order valence-corrected chi connectivity index (χ4v) is 1.96. The maximum Gasteiger partial charge on any atom is 0.0590 e. The summed E-state index contributed by atoms with van der Waals surface area (Å²) in [5, 5.41) is 3.20. The molecule has 1 aliphatic heterocycles. The van der Waals surface area contributed by atoms with Gasteiger partial charge in [-0.2, -0.15) is 0 Å². The van der Waals surface area contributed by atoms with E-state index < -0.39 is 0 Å². The molecule has 0 amide bonds. The van der Waals surface area contributed by atoms with Crippen molar-refractivity contribution in [2.75, 3.05) is 25.0 Å². The molecule has 1 aromatic rings. The van der Waals surface area contributed by atoms with E-state index in [2.05, 4.69) is 51.3 Å². The van der Waals surface area contributed by atoms with E-state index in [4.69, 9.17) is 0 Å². The minimum atomic E-state index is 0.695. The summed E-state index contributed by atoms with van der Waals surface area (Å²) >= 11 is 3.51. The van der Waals surface area contributed by atoms with E-state index in [0.717, 1.165) is 6.54 Å². The molecule has 0 saturated carbocycles. The zero-order valence-corrected chi connectivity index (χ0v) is 10.1. The number of nitrogens with one attached hydrogen (secondary N) is 1. The molecule has 2 nitrogen and oxygen atoms in total. The van der Waals surface area contributed by atoms with Crippen molar-refractivity contribution in [1.29, 1.82) is 0 Å². The first-order chi connectivity index (χ1) is 6.72. The van der Waals surface area contributed by atoms with E-state index in [0.29, 0.717) is 6.04 Å². The van der Waals surface area contributed by atoms with Gasteiger partial charge in [-0.3, -0.25) is 0 Å². The van der Waals surface area contributed by atoms with Gasteiger partial charge in [-0.15, -0.1) is 0 Å². The largest absolute Gasteiger partial charge is 0.363 e. The average Bonchev–Trinajstić information content (AvgIpc) is 2.90. The van der Waals surface area contributed by atoms with Gasteiger partial charge in [0.1, 0.15) is 0 Å². The summed E-state index contributed by atoms with van der Waals surface area (Å²) in [4.78, 5) is 2.41. The highest BCUT2D eigenvalue weighted by molar-refractivity contribution is 9.10. The van der Waals surface area contributed by atoms with Crippen molar-refractivity contribution in [1.82, 2.24) is 5.32 Å². The van der Waals surface area contributed by atoms with Gasteiger partial charge in [0.15, 0.2) is 0 Å². The molecule has 1 heterocycles. The number of likely N-dealkylation sites (N-methyl/N-ethyl adjacent to an activating group) is 1. The van der Waals surface area contributed by atoms with Crippen molar-refractivity contribution < 1.29 is 0 Å². The Morgan fingerprint density at radius 3 is 3.00 bits per heavy atom. The summed E-state index contributed by atoms with van der Waals surface area (Å²) in [6.07, 6.45) is 0. The van der Waals surface area contributed by atoms with Crippen LogP contribution in [0.25, 0.3) is 0 Å². The predicted molar refractivity (Wildman–Crippen MR) is 63.9 cm³/mol. The minimum Gasteiger partial charge on any atom is -0.363 e. The van der Waals surface area contributed by atoms with E-state index in [-0.39, 0.29) is 0 Å². The van der Waals surface area contributed by atoms with Crippen LogP contribution in [0.15, 0.2) is 22.7 Å². The van der Waals surface area contributed by atoms with Crippen LogP contribution in [-0.4, -0.2) is 26.2 Å². The molecule has 1 N–H and O–H groups in total. The predicted octanol–water partition coefficient (Wildman–Crippen LogP) is 2.17. The first kappa shape index (κ1) is 9.99. The van der Waals surface area contributed by atoms with Gasteiger partial charge in [0.05, 0.1) is 6.04 Å². The van der Waals surface area contributed by atoms with Crippen molar-refractivity contribution in [2.24, 2.45) is 0 Å². The molecule has 0 bridgehead atoms. The molecular weight excluding hydrogens is 240 g/mol. The SMILES string of the molecule is CNCC1CN1c1ccc(Br)c(C)c1. The topological polar surface area (TPSA) is 15.0 Å². The molecule has 3 heteroatoms. The second-order valence-electron chi connectivity index (χ2n) is 3.80. The van der Waals surface area contributed by atoms with Gasteiger partial charge in [-0.25, -0.2) is 0 Å². The highest BCUT2D eigenvalue weighted by Gasteiger charge is 2.33. The van der Waals surface area contributed by atoms with Crippen LogP contribution >= 0.6 is 15.9 Å². The van der Waals surface area contributed by atoms with Crippen LogP contribution in [0.3, 0.4) is 0 Å². The number of anilines is 1. The molecule has 14 heavy (non-hydrogen) atoms. The van der Waals surface area contributed by atoms with Crippen molar-refractivity contribution in [3.05, 3.63) is 28.2 Å². The van der Waals surface area contributed by atoms with Crippen LogP contribution in [0.4, 0.5) is 5.69 Å². The maximum absolute atomic E-state index is 3.51. The number of nitrogens with zero attached hydrogens (tertiary/aromatic N) is 1. The number of halogens is 1. The van der Waals surface area contributed by atoms with Crippen molar-refractivity contribution in [3.63, 3.8) is 0 Å². The highest BCUT2D eigenvalue weighted by Crippen LogP contribution is 2.30. The van der Waals surface area contributed by atoms with Gasteiger partial charge < -0.3 is 10.2 Å². The smallest absolute Gasteiger partial charge is 0.0590 e. The van der Waals surface area contributed by atoms with E-state index in [1.165, 1.54) is 22.3 Å². The summed E-state index contributed by atoms with van der Waals surface area (Å²) in [5.41, 5.74) is 2.64. The molecule has 1 fully saturated rings. The lowest BCUT2D eigenvalue weighted by Crippen LogP contribution is -2.17. The quantitative estimate of drug-likeness (QED) is 0.832. The molecule has 1 saturated heterocycles. The summed E-state index contributed by atoms with van der Waals surface area (Å²) < 4.78 is 1.19. The Hall–Kier alpha value is -0.540. The van der Waals surface area contributed by atoms with Crippen LogP contribution in [0, 0.1) is 6.92 Å². The third-order valence-corrected chi connectivity index (χ3v) is 3.52. The Balaban J connectivity index is 2.08. The second-order valence-corrected chi connectivity index (χ2v) is 4.65. The van der Waals surface area contributed by atoms with Gasteiger partial charge in [0, 0.05) is 23.2 Å². The van der Waals surface area contributed by atoms with Gasteiger partial charge in [0.2, 0.25) is 0 Å². The van der Waals surface area contributed by atoms with Crippen LogP contribution in [0.1, 0.15) is 5.56 Å². The van der Waals surface area contributed by atoms with Gasteiger partial charge in [0.25, 0.3) is 0 Å². The zero-order chi connectivity index (χ0) is 10.1. The third-order valence-electron chi connectivity index (χ3n) is 2.63. The lowest BCUT2D eigenvalue weighted by Gasteiger charge is -2.07. The third kappa shape index (κ3) is 1.93. The normalized spacial score (nSPS) is 19.9. The molecular formula is C11H15BrN2. The maximum atomic E-state index is 3.51. The lowest BCUT2D eigenvalue weighted by atomic mass is 10.2. The van der Waals surface area contributed by atoms with Crippen LogP contribution < -0.4 is 10.2 Å². The standard InChI is InChI=1S/C11H15BrN2/c1-8-5-9(3-4-11(8)12)14-7-10(14)6-13-2/h3-5,10,13H,6-7H2,1-2H3. The molecule has 1 aromatic carbocycles. The van der Waals surface area contributed by atoms with E-state index in [1.807, 2.05) is 7.05 Å². The highest BCUT2D eigenvalue weighted by atomic mass is 79.9. The number of aryl methyl sites for hydroxylation is 1. The molecule has 1 unspecified atom stereocenters. The number of hydrogen-bond donors (Lipinski definition) is 1. The van der Waals surface area contributed by atoms with Gasteiger partial charge in [-0.05, 0) is 37.7 Å². The van der Waals surface area contributed by atoms with E-state index in [9.17, 15) is 0 Å². The van der Waals surface area contributed by atoms with Gasteiger partial charge in [-0.1, -0.05) is 15.9 Å². The average molecular weight is 255 g/mol. The van der Waals surface area contributed by atoms with Crippen molar-refractivity contribution >= 4 is 21.6 Å². The molecule has 76 valence electrons. The Labute approximate surface area is 93.4 Å². The van der Waals surface area contributed by atoms with Gasteiger partial charge >= 0.3 is 0 Å². The summed E-state index contributed by atoms with van der Waals surface area (Å²) in [6, 6.07) is 7.23. The second kappa shape index (κ2) is 3.91. The van der Waals surface area contributed by atoms with Crippen LogP contribution in [0.5, 0.6) is 0 Å². The molecule has 0 spiro atoms. The van der Waals surface area contributed by atoms with E-state index >= 15 is 0 Å². The molecule has 0 radical (unpaired) electrons. The number of rotatable bonds is 3. The summed E-state index contributed by atoms with van der Waals surface area (Å²) in [7, 11) is 2.00. The Kier molecular flexibility index (Phi) is 2.79. The molecule has 0 aliphatic carbocycles. The fourth-order valence-electron chi connectivity index (χ4n) is 1.71. The first-order valence-electron chi connectivity index (χ1n) is 4.90. The number of benzene rings is 1. The first-order valence-corrected chi connectivity index (χ1v) is 5.69. The zero-order valence-electron chi connectivity index (χ0n) is 8.55. The number of hydrogen-bond acceptors (Lipinski definition) is 2. The van der Waals surface area contributed by atoms with E-state index in [1.54, 1.807) is 0 Å². The van der Waals surface area contributed by atoms with Crippen LogP contribution in [0.2, 0.25) is 0 Å². The Morgan fingerprint density at radius 2 is 2.36 bits per heavy atom. The monoisotopic (exact) mass is 254 g/mol. The Morgan fingerprint density at radius 1 is 1.57 bits per heavy atom. The molecule has 0 aromatic heterocycles. The van der Waals surface area contributed by atoms with Crippen LogP contribution in [-0.2, 0) is 0 Å². The summed E-state index contributed by atoms with van der Waals surface area (Å²) in [6.45, 7) is 4.39. The van der Waals surface area contributed by atoms with Crippen molar-refractivity contribution in [2.45, 2.75) is 13.0 Å². The fraction of sp³-hybridized carbons (Fsp3) is 0.455. The molecule has 1 atom stereocenters. The Bertz CT molecular complexity index is 338. The van der Waals surface area contributed by atoms with Crippen molar-refractivity contribution in [3.8, 4) is 0 Å². The summed E-state index contributed by atoms with van der Waals surface area (Å²) in [5.74, 6) is 0. The molecule has 1 aliphatic rings. The lowest BCUT2D eigenvalue weighted by molar-refractivity contribution is 0.791. The minimum absolute atomic E-state index is 0.695.